The van der Waals surface area contributed by atoms with E-state index in [0.717, 1.165) is 42.1 Å². The second-order valence-electron chi connectivity index (χ2n) is 7.67. The number of hydrogen-bond donors (Lipinski definition) is 2. The monoisotopic (exact) mass is 451 g/mol. The van der Waals surface area contributed by atoms with Crippen LogP contribution in [0.4, 0.5) is 5.69 Å². The van der Waals surface area contributed by atoms with E-state index in [2.05, 4.69) is 34.8 Å². The van der Waals surface area contributed by atoms with Crippen LogP contribution in [0.3, 0.4) is 0 Å². The SMILES string of the molecule is CCCc1nnc2n1N[C@@H](c1ccc(OCC)cc1)[C@H](C(=O)Nc1ccc(CC)cc1)S2. The quantitative estimate of drug-likeness (QED) is 0.521. The number of rotatable bonds is 8. The molecule has 0 aliphatic carbocycles. The predicted molar refractivity (Wildman–Crippen MR) is 128 cm³/mol. The fourth-order valence-electron chi connectivity index (χ4n) is 3.71. The summed E-state index contributed by atoms with van der Waals surface area (Å²) in [5.74, 6) is 1.62. The van der Waals surface area contributed by atoms with Gasteiger partial charge in [0.2, 0.25) is 11.1 Å². The Morgan fingerprint density at radius 1 is 1.09 bits per heavy atom. The van der Waals surface area contributed by atoms with Gasteiger partial charge in [0.25, 0.3) is 0 Å². The predicted octanol–water partition coefficient (Wildman–Crippen LogP) is 4.59. The molecule has 0 bridgehead atoms. The molecule has 1 aliphatic rings. The molecule has 8 heteroatoms. The number of aryl methyl sites for hydroxylation is 2. The number of aromatic nitrogens is 3. The lowest BCUT2D eigenvalue weighted by Crippen LogP contribution is -2.41. The summed E-state index contributed by atoms with van der Waals surface area (Å²) in [4.78, 5) is 13.4. The van der Waals surface area contributed by atoms with Crippen molar-refractivity contribution in [2.45, 2.75) is 56.5 Å². The van der Waals surface area contributed by atoms with E-state index in [0.29, 0.717) is 11.8 Å². The number of carbonyl (C=O) groups is 1. The van der Waals surface area contributed by atoms with Crippen molar-refractivity contribution in [2.75, 3.05) is 17.3 Å². The zero-order valence-corrected chi connectivity index (χ0v) is 19.5. The van der Waals surface area contributed by atoms with E-state index in [1.807, 2.05) is 60.1 Å². The molecule has 2 atom stereocenters. The van der Waals surface area contributed by atoms with Crippen molar-refractivity contribution < 1.29 is 9.53 Å². The first kappa shape index (κ1) is 22.2. The Bertz CT molecular complexity index is 1050. The molecule has 0 spiro atoms. The minimum atomic E-state index is -0.412. The van der Waals surface area contributed by atoms with Gasteiger partial charge in [0, 0.05) is 12.1 Å². The molecule has 32 heavy (non-hydrogen) atoms. The molecule has 2 N–H and O–H groups in total. The number of benzene rings is 2. The Kier molecular flexibility index (Phi) is 6.99. The van der Waals surface area contributed by atoms with Crippen LogP contribution < -0.4 is 15.5 Å². The highest BCUT2D eigenvalue weighted by atomic mass is 32.2. The third-order valence-corrected chi connectivity index (χ3v) is 6.63. The number of carbonyl (C=O) groups excluding carboxylic acids is 1. The van der Waals surface area contributed by atoms with E-state index in [1.54, 1.807) is 0 Å². The van der Waals surface area contributed by atoms with Crippen molar-refractivity contribution in [3.63, 3.8) is 0 Å². The molecular weight excluding hydrogens is 422 g/mol. The van der Waals surface area contributed by atoms with Gasteiger partial charge in [-0.2, -0.15) is 0 Å². The van der Waals surface area contributed by atoms with Crippen molar-refractivity contribution in [1.29, 1.82) is 0 Å². The van der Waals surface area contributed by atoms with E-state index in [4.69, 9.17) is 4.74 Å². The fraction of sp³-hybridized carbons (Fsp3) is 0.375. The summed E-state index contributed by atoms with van der Waals surface area (Å²) < 4.78 is 7.51. The number of nitrogens with zero attached hydrogens (tertiary/aromatic N) is 3. The zero-order chi connectivity index (χ0) is 22.5. The van der Waals surface area contributed by atoms with E-state index in [1.165, 1.54) is 17.3 Å². The van der Waals surface area contributed by atoms with Gasteiger partial charge in [0.1, 0.15) is 11.0 Å². The standard InChI is InChI=1S/C24H29N5O2S/c1-4-7-20-26-27-24-29(20)28-21(17-10-14-19(15-11-17)31-6-3)22(32-24)23(30)25-18-12-8-16(5-2)9-13-18/h8-15,21-22,28H,4-7H2,1-3H3,(H,25,30)/t21-,22+/m0/s1. The first-order valence-corrected chi connectivity index (χ1v) is 12.0. The highest BCUT2D eigenvalue weighted by Gasteiger charge is 2.37. The summed E-state index contributed by atoms with van der Waals surface area (Å²) in [6.07, 6.45) is 2.75. The van der Waals surface area contributed by atoms with Gasteiger partial charge >= 0.3 is 0 Å². The molecule has 1 amide bonds. The largest absolute Gasteiger partial charge is 0.494 e. The average molecular weight is 452 g/mol. The van der Waals surface area contributed by atoms with E-state index >= 15 is 0 Å². The number of anilines is 1. The van der Waals surface area contributed by atoms with Gasteiger partial charge in [-0.25, -0.2) is 4.68 Å². The lowest BCUT2D eigenvalue weighted by atomic mass is 10.0. The third kappa shape index (κ3) is 4.75. The van der Waals surface area contributed by atoms with Gasteiger partial charge in [0.15, 0.2) is 5.82 Å². The topological polar surface area (TPSA) is 81.1 Å². The van der Waals surface area contributed by atoms with Gasteiger partial charge in [-0.05, 0) is 55.2 Å². The van der Waals surface area contributed by atoms with Crippen LogP contribution in [-0.2, 0) is 17.6 Å². The Hall–Kier alpha value is -3.00. The number of amides is 1. The molecule has 0 saturated heterocycles. The highest BCUT2D eigenvalue weighted by molar-refractivity contribution is 8.00. The van der Waals surface area contributed by atoms with Crippen molar-refractivity contribution in [1.82, 2.24) is 14.9 Å². The van der Waals surface area contributed by atoms with Crippen LogP contribution in [0.1, 0.15) is 50.2 Å². The number of hydrogen-bond acceptors (Lipinski definition) is 6. The summed E-state index contributed by atoms with van der Waals surface area (Å²) in [5, 5.41) is 12.0. The van der Waals surface area contributed by atoms with Crippen LogP contribution in [0.5, 0.6) is 5.75 Å². The lowest BCUT2D eigenvalue weighted by Gasteiger charge is -2.33. The van der Waals surface area contributed by atoms with Crippen LogP contribution in [-0.4, -0.2) is 32.6 Å². The van der Waals surface area contributed by atoms with Gasteiger partial charge in [-0.15, -0.1) is 10.2 Å². The maximum Gasteiger partial charge on any atom is 0.240 e. The van der Waals surface area contributed by atoms with Crippen LogP contribution >= 0.6 is 11.8 Å². The molecule has 3 aromatic rings. The summed E-state index contributed by atoms with van der Waals surface area (Å²) in [5.41, 5.74) is 6.53. The van der Waals surface area contributed by atoms with E-state index in [-0.39, 0.29) is 11.9 Å². The van der Waals surface area contributed by atoms with E-state index in [9.17, 15) is 4.79 Å². The summed E-state index contributed by atoms with van der Waals surface area (Å²) in [7, 11) is 0. The molecule has 0 unspecified atom stereocenters. The summed E-state index contributed by atoms with van der Waals surface area (Å²) in [6, 6.07) is 15.6. The van der Waals surface area contributed by atoms with E-state index < -0.39 is 5.25 Å². The molecule has 1 aromatic heterocycles. The van der Waals surface area contributed by atoms with Crippen LogP contribution in [0.2, 0.25) is 0 Å². The number of nitrogens with one attached hydrogen (secondary N) is 2. The lowest BCUT2D eigenvalue weighted by molar-refractivity contribution is -0.116. The minimum absolute atomic E-state index is 0.0723. The molecule has 7 nitrogen and oxygen atoms in total. The molecule has 2 aromatic carbocycles. The zero-order valence-electron chi connectivity index (χ0n) is 18.7. The Balaban J connectivity index is 1.62. The first-order valence-electron chi connectivity index (χ1n) is 11.1. The maximum atomic E-state index is 13.4. The third-order valence-electron chi connectivity index (χ3n) is 5.42. The van der Waals surface area contributed by atoms with Crippen molar-refractivity contribution >= 4 is 23.4 Å². The van der Waals surface area contributed by atoms with Gasteiger partial charge in [0.05, 0.1) is 12.6 Å². The Morgan fingerprint density at radius 2 is 1.84 bits per heavy atom. The van der Waals surface area contributed by atoms with Crippen molar-refractivity contribution in [3.8, 4) is 5.75 Å². The van der Waals surface area contributed by atoms with Gasteiger partial charge in [-0.1, -0.05) is 49.9 Å². The van der Waals surface area contributed by atoms with Crippen molar-refractivity contribution in [3.05, 3.63) is 65.5 Å². The smallest absolute Gasteiger partial charge is 0.240 e. The normalized spacial score (nSPS) is 17.3. The Morgan fingerprint density at radius 3 is 2.50 bits per heavy atom. The Labute approximate surface area is 192 Å². The second-order valence-corrected chi connectivity index (χ2v) is 8.78. The van der Waals surface area contributed by atoms with Crippen molar-refractivity contribution in [2.24, 2.45) is 0 Å². The van der Waals surface area contributed by atoms with Crippen LogP contribution in [0, 0.1) is 0 Å². The molecular formula is C24H29N5O2S. The van der Waals surface area contributed by atoms with Gasteiger partial charge < -0.3 is 15.5 Å². The highest BCUT2D eigenvalue weighted by Crippen LogP contribution is 2.38. The van der Waals surface area contributed by atoms with Crippen LogP contribution in [0.25, 0.3) is 0 Å². The number of ether oxygens (including phenoxy) is 1. The first-order chi connectivity index (χ1) is 15.6. The fourth-order valence-corrected chi connectivity index (χ4v) is 4.81. The van der Waals surface area contributed by atoms with Crippen LogP contribution in [0.15, 0.2) is 53.7 Å². The molecule has 2 heterocycles. The molecule has 0 radical (unpaired) electrons. The summed E-state index contributed by atoms with van der Waals surface area (Å²) >= 11 is 1.44. The maximum absolute atomic E-state index is 13.4. The molecule has 168 valence electrons. The average Bonchev–Trinajstić information content (AvgIpc) is 3.21. The molecule has 1 aliphatic heterocycles. The molecule has 0 saturated carbocycles. The number of thioether (sulfide) groups is 1. The summed E-state index contributed by atoms with van der Waals surface area (Å²) in [6.45, 7) is 6.80. The minimum Gasteiger partial charge on any atom is -0.494 e. The number of fused-ring (bicyclic) bond motifs is 1. The molecule has 0 fully saturated rings. The molecule has 4 rings (SSSR count). The van der Waals surface area contributed by atoms with Gasteiger partial charge in [-0.3, -0.25) is 4.79 Å². The second kappa shape index (κ2) is 10.1.